The van der Waals surface area contributed by atoms with E-state index in [4.69, 9.17) is 16.1 Å². The number of sulfone groups is 1. The molecule has 0 aliphatic rings. The highest BCUT2D eigenvalue weighted by molar-refractivity contribution is 7.92. The predicted molar refractivity (Wildman–Crippen MR) is 53.5 cm³/mol. The second-order valence-corrected chi connectivity index (χ2v) is 5.93. The van der Waals surface area contributed by atoms with Crippen LogP contribution in [0.15, 0.2) is 4.21 Å². The number of carbonyl (C=O) groups is 1. The second-order valence-electron chi connectivity index (χ2n) is 2.70. The van der Waals surface area contributed by atoms with E-state index in [0.717, 1.165) is 6.26 Å². The minimum atomic E-state index is -3.63. The Bertz CT molecular complexity index is 565. The first kappa shape index (κ1) is 11.5. The molecule has 0 atom stereocenters. The third-order valence-electron chi connectivity index (χ3n) is 1.56. The highest BCUT2D eigenvalue weighted by Gasteiger charge is 2.25. The number of thiophene rings is 1. The first-order valence-electron chi connectivity index (χ1n) is 3.54. The molecule has 15 heavy (non-hydrogen) atoms. The lowest BCUT2D eigenvalue weighted by atomic mass is 10.3. The average molecular weight is 246 g/mol. The molecule has 0 aliphatic carbocycles. The van der Waals surface area contributed by atoms with Gasteiger partial charge >= 0.3 is 5.97 Å². The number of carboxylic acid groups (broad SMARTS) is 1. The maximum absolute atomic E-state index is 11.2. The van der Waals surface area contributed by atoms with Gasteiger partial charge in [-0.05, 0) is 0 Å². The normalized spacial score (nSPS) is 10.9. The third-order valence-corrected chi connectivity index (χ3v) is 4.58. The molecule has 1 rings (SSSR count). The van der Waals surface area contributed by atoms with Crippen LogP contribution in [0.4, 0.5) is 5.69 Å². The molecule has 3 N–H and O–H groups in total. The summed E-state index contributed by atoms with van der Waals surface area (Å²) in [5, 5.41) is 17.4. The molecule has 80 valence electrons. The quantitative estimate of drug-likeness (QED) is 0.774. The van der Waals surface area contributed by atoms with Gasteiger partial charge in [0.2, 0.25) is 0 Å². The van der Waals surface area contributed by atoms with Crippen LogP contribution in [0.3, 0.4) is 0 Å². The van der Waals surface area contributed by atoms with Crippen molar-refractivity contribution in [2.45, 2.75) is 4.21 Å². The van der Waals surface area contributed by atoms with Gasteiger partial charge in [-0.3, -0.25) is 0 Å². The van der Waals surface area contributed by atoms with Crippen LogP contribution in [-0.2, 0) is 9.84 Å². The van der Waals surface area contributed by atoms with Gasteiger partial charge in [-0.1, -0.05) is 0 Å². The Labute approximate surface area is 89.5 Å². The summed E-state index contributed by atoms with van der Waals surface area (Å²) in [4.78, 5) is 10.3. The second kappa shape index (κ2) is 3.52. The zero-order valence-corrected chi connectivity index (χ0v) is 9.15. The standard InChI is InChI=1S/C7H6N2O4S2/c1-15(12,13)7-3(2-8)4(9)5(14-7)6(10)11/h9H2,1H3,(H,10,11). The van der Waals surface area contributed by atoms with Crippen molar-refractivity contribution in [1.82, 2.24) is 0 Å². The molecule has 0 unspecified atom stereocenters. The Hall–Kier alpha value is -1.59. The van der Waals surface area contributed by atoms with E-state index in [1.54, 1.807) is 6.07 Å². The van der Waals surface area contributed by atoms with E-state index in [1.807, 2.05) is 0 Å². The van der Waals surface area contributed by atoms with Crippen LogP contribution in [0.2, 0.25) is 0 Å². The molecular formula is C7H6N2O4S2. The number of nitrogen functional groups attached to an aromatic ring is 1. The summed E-state index contributed by atoms with van der Waals surface area (Å²) in [5.74, 6) is -1.34. The van der Waals surface area contributed by atoms with Crippen molar-refractivity contribution >= 4 is 32.8 Å². The number of carboxylic acids is 1. The van der Waals surface area contributed by atoms with Crippen molar-refractivity contribution in [3.63, 3.8) is 0 Å². The molecular weight excluding hydrogens is 240 g/mol. The minimum Gasteiger partial charge on any atom is -0.477 e. The number of hydrogen-bond acceptors (Lipinski definition) is 6. The predicted octanol–water partition coefficient (Wildman–Crippen LogP) is 0.304. The van der Waals surface area contributed by atoms with Gasteiger partial charge in [-0.2, -0.15) is 5.26 Å². The van der Waals surface area contributed by atoms with Crippen LogP contribution >= 0.6 is 11.3 Å². The van der Waals surface area contributed by atoms with Crippen LogP contribution in [0, 0.1) is 11.3 Å². The number of hydrogen-bond donors (Lipinski definition) is 2. The van der Waals surface area contributed by atoms with E-state index >= 15 is 0 Å². The Morgan fingerprint density at radius 3 is 2.40 bits per heavy atom. The fraction of sp³-hybridized carbons (Fsp3) is 0.143. The van der Waals surface area contributed by atoms with Gasteiger partial charge in [-0.25, -0.2) is 13.2 Å². The van der Waals surface area contributed by atoms with Gasteiger partial charge in [-0.15, -0.1) is 11.3 Å². The maximum Gasteiger partial charge on any atom is 0.348 e. The lowest BCUT2D eigenvalue weighted by Gasteiger charge is -1.92. The highest BCUT2D eigenvalue weighted by Crippen LogP contribution is 2.33. The number of anilines is 1. The molecule has 8 heteroatoms. The first-order chi connectivity index (χ1) is 6.79. The molecule has 0 amide bonds. The topological polar surface area (TPSA) is 121 Å². The Kier molecular flexibility index (Phi) is 2.70. The van der Waals surface area contributed by atoms with E-state index in [1.165, 1.54) is 0 Å². The van der Waals surface area contributed by atoms with E-state index in [2.05, 4.69) is 0 Å². The van der Waals surface area contributed by atoms with Gasteiger partial charge in [0.15, 0.2) is 9.84 Å². The lowest BCUT2D eigenvalue weighted by Crippen LogP contribution is -1.99. The molecule has 0 aliphatic heterocycles. The average Bonchev–Trinajstić information content (AvgIpc) is 2.41. The summed E-state index contributed by atoms with van der Waals surface area (Å²) in [6.07, 6.45) is 0.894. The molecule has 0 saturated carbocycles. The van der Waals surface area contributed by atoms with E-state index in [9.17, 15) is 13.2 Å². The number of nitriles is 1. The van der Waals surface area contributed by atoms with E-state index in [0.29, 0.717) is 11.3 Å². The molecule has 0 spiro atoms. The fourth-order valence-electron chi connectivity index (χ4n) is 0.948. The highest BCUT2D eigenvalue weighted by atomic mass is 32.2. The molecule has 1 aromatic rings. The van der Waals surface area contributed by atoms with Gasteiger partial charge in [0, 0.05) is 6.26 Å². The number of nitrogens with two attached hydrogens (primary N) is 1. The van der Waals surface area contributed by atoms with Crippen LogP contribution in [0.25, 0.3) is 0 Å². The van der Waals surface area contributed by atoms with Crippen LogP contribution in [-0.4, -0.2) is 25.7 Å². The van der Waals surface area contributed by atoms with Crippen LogP contribution in [0.1, 0.15) is 15.2 Å². The SMILES string of the molecule is CS(=O)(=O)c1sc(C(=O)O)c(N)c1C#N. The number of rotatable bonds is 2. The van der Waals surface area contributed by atoms with Crippen molar-refractivity contribution in [1.29, 1.82) is 5.26 Å². The van der Waals surface area contributed by atoms with Gasteiger partial charge in [0.1, 0.15) is 20.7 Å². The van der Waals surface area contributed by atoms with Crippen molar-refractivity contribution in [2.75, 3.05) is 12.0 Å². The summed E-state index contributed by atoms with van der Waals surface area (Å²) in [7, 11) is -3.63. The fourth-order valence-corrected chi connectivity index (χ4v) is 3.07. The summed E-state index contributed by atoms with van der Waals surface area (Å²) in [6, 6.07) is 1.59. The summed E-state index contributed by atoms with van der Waals surface area (Å²) in [5.41, 5.74) is 4.77. The molecule has 1 heterocycles. The Morgan fingerprint density at radius 2 is 2.13 bits per heavy atom. The summed E-state index contributed by atoms with van der Waals surface area (Å²) >= 11 is 0.491. The Balaban J connectivity index is 3.65. The third kappa shape index (κ3) is 1.93. The van der Waals surface area contributed by atoms with Crippen molar-refractivity contribution in [2.24, 2.45) is 0 Å². The molecule has 0 fully saturated rings. The minimum absolute atomic E-state index is 0.292. The van der Waals surface area contributed by atoms with E-state index in [-0.39, 0.29) is 20.3 Å². The maximum atomic E-state index is 11.2. The smallest absolute Gasteiger partial charge is 0.348 e. The van der Waals surface area contributed by atoms with Crippen molar-refractivity contribution in [3.8, 4) is 6.07 Å². The first-order valence-corrected chi connectivity index (χ1v) is 6.25. The van der Waals surface area contributed by atoms with E-state index < -0.39 is 15.8 Å². The zero-order valence-electron chi connectivity index (χ0n) is 7.51. The largest absolute Gasteiger partial charge is 0.477 e. The lowest BCUT2D eigenvalue weighted by molar-refractivity contribution is 0.0703. The molecule has 0 radical (unpaired) electrons. The van der Waals surface area contributed by atoms with Crippen molar-refractivity contribution in [3.05, 3.63) is 10.4 Å². The van der Waals surface area contributed by atoms with Crippen LogP contribution < -0.4 is 5.73 Å². The molecule has 6 nitrogen and oxygen atoms in total. The number of nitrogens with zero attached hydrogens (tertiary/aromatic N) is 1. The van der Waals surface area contributed by atoms with Gasteiger partial charge in [0.25, 0.3) is 0 Å². The summed E-state index contributed by atoms with van der Waals surface area (Å²) < 4.78 is 22.1. The summed E-state index contributed by atoms with van der Waals surface area (Å²) in [6.45, 7) is 0. The molecule has 0 aromatic carbocycles. The molecule has 0 bridgehead atoms. The monoisotopic (exact) mass is 246 g/mol. The van der Waals surface area contributed by atoms with Gasteiger partial charge in [0.05, 0.1) is 5.69 Å². The molecule has 0 saturated heterocycles. The number of aromatic carboxylic acids is 1. The zero-order chi connectivity index (χ0) is 11.8. The van der Waals surface area contributed by atoms with Gasteiger partial charge < -0.3 is 10.8 Å². The molecule has 1 aromatic heterocycles. The van der Waals surface area contributed by atoms with Crippen LogP contribution in [0.5, 0.6) is 0 Å². The van der Waals surface area contributed by atoms with Crippen molar-refractivity contribution < 1.29 is 18.3 Å². The Morgan fingerprint density at radius 1 is 1.60 bits per heavy atom.